The van der Waals surface area contributed by atoms with E-state index in [0.717, 1.165) is 24.0 Å². The first-order valence-electron chi connectivity index (χ1n) is 9.23. The number of allylic oxidation sites excluding steroid dienone is 1. The number of aromatic nitrogens is 2. The van der Waals surface area contributed by atoms with Crippen LogP contribution in [-0.4, -0.2) is 34.7 Å². The van der Waals surface area contributed by atoms with Crippen LogP contribution in [-0.2, 0) is 6.42 Å². The average Bonchev–Trinajstić information content (AvgIpc) is 2.74. The van der Waals surface area contributed by atoms with Crippen molar-refractivity contribution in [3.63, 3.8) is 0 Å². The van der Waals surface area contributed by atoms with Crippen LogP contribution in [0.3, 0.4) is 0 Å². The number of aromatic carboxylic acids is 1. The Hall–Kier alpha value is -3.61. The molecule has 3 aromatic rings. The number of benzene rings is 1. The summed E-state index contributed by atoms with van der Waals surface area (Å²) in [5, 5.41) is 9.20. The maximum atomic E-state index is 13.0. The van der Waals surface area contributed by atoms with Crippen molar-refractivity contribution in [1.29, 1.82) is 0 Å². The molecule has 1 aromatic carbocycles. The highest BCUT2D eigenvalue weighted by molar-refractivity contribution is 5.88. The van der Waals surface area contributed by atoms with Crippen LogP contribution in [0.5, 0.6) is 11.5 Å². The fraction of sp³-hybridized carbons (Fsp3) is 0.227. The third-order valence-corrected chi connectivity index (χ3v) is 5.11. The summed E-state index contributed by atoms with van der Waals surface area (Å²) in [5.74, 6) is 0.331. The fourth-order valence-corrected chi connectivity index (χ4v) is 3.65. The van der Waals surface area contributed by atoms with Gasteiger partial charge in [-0.05, 0) is 61.2 Å². The Morgan fingerprint density at radius 3 is 2.72 bits per heavy atom. The van der Waals surface area contributed by atoms with Gasteiger partial charge in [0.1, 0.15) is 17.1 Å². The van der Waals surface area contributed by atoms with Crippen LogP contribution < -0.4 is 15.0 Å². The molecule has 2 heterocycles. The zero-order valence-corrected chi connectivity index (χ0v) is 16.1. The lowest BCUT2D eigenvalue weighted by atomic mass is 9.90. The van der Waals surface area contributed by atoms with Crippen molar-refractivity contribution >= 4 is 23.3 Å². The highest BCUT2D eigenvalue weighted by Gasteiger charge is 2.21. The smallest absolute Gasteiger partial charge is 0.337 e. The zero-order chi connectivity index (χ0) is 20.5. The molecule has 0 atom stereocenters. The van der Waals surface area contributed by atoms with Crippen molar-refractivity contribution in [1.82, 2.24) is 9.38 Å². The number of ether oxygens (including phenoxy) is 2. The summed E-state index contributed by atoms with van der Waals surface area (Å²) in [7, 11) is 3.21. The van der Waals surface area contributed by atoms with Gasteiger partial charge in [-0.15, -0.1) is 0 Å². The second-order valence-corrected chi connectivity index (χ2v) is 6.83. The predicted molar refractivity (Wildman–Crippen MR) is 109 cm³/mol. The van der Waals surface area contributed by atoms with Crippen LogP contribution >= 0.6 is 0 Å². The average molecular weight is 392 g/mol. The first-order valence-corrected chi connectivity index (χ1v) is 9.23. The van der Waals surface area contributed by atoms with Gasteiger partial charge < -0.3 is 14.6 Å². The molecule has 0 radical (unpaired) electrons. The first-order chi connectivity index (χ1) is 14.0. The largest absolute Gasteiger partial charge is 0.497 e. The van der Waals surface area contributed by atoms with Crippen LogP contribution in [0.15, 0.2) is 41.3 Å². The Labute approximate surface area is 166 Å². The summed E-state index contributed by atoms with van der Waals surface area (Å²) >= 11 is 0. The SMILES string of the molecule is COc1ccc(OC)c(/C=C2/CCCc3c2nc2ccc(C(=O)O)cn2c3=O)c1. The van der Waals surface area contributed by atoms with Crippen LogP contribution in [0.25, 0.3) is 17.3 Å². The van der Waals surface area contributed by atoms with Gasteiger partial charge in [0.2, 0.25) is 0 Å². The highest BCUT2D eigenvalue weighted by Crippen LogP contribution is 2.33. The highest BCUT2D eigenvalue weighted by atomic mass is 16.5. The van der Waals surface area contributed by atoms with Crippen molar-refractivity contribution in [2.24, 2.45) is 0 Å². The van der Waals surface area contributed by atoms with E-state index in [1.807, 2.05) is 24.3 Å². The minimum Gasteiger partial charge on any atom is -0.497 e. The lowest BCUT2D eigenvalue weighted by molar-refractivity contribution is 0.0696. The van der Waals surface area contributed by atoms with E-state index in [1.54, 1.807) is 20.3 Å². The van der Waals surface area contributed by atoms with Gasteiger partial charge in [0.15, 0.2) is 0 Å². The van der Waals surface area contributed by atoms with E-state index in [1.165, 1.54) is 16.7 Å². The molecule has 7 nitrogen and oxygen atoms in total. The van der Waals surface area contributed by atoms with Crippen LogP contribution in [0.1, 0.15) is 40.0 Å². The van der Waals surface area contributed by atoms with Crippen LogP contribution in [0.2, 0.25) is 0 Å². The quantitative estimate of drug-likeness (QED) is 0.733. The van der Waals surface area contributed by atoms with E-state index in [0.29, 0.717) is 34.8 Å². The van der Waals surface area contributed by atoms with Gasteiger partial charge in [-0.1, -0.05) is 0 Å². The fourth-order valence-electron chi connectivity index (χ4n) is 3.65. The van der Waals surface area contributed by atoms with E-state index in [4.69, 9.17) is 9.47 Å². The van der Waals surface area contributed by atoms with Gasteiger partial charge >= 0.3 is 5.97 Å². The maximum Gasteiger partial charge on any atom is 0.337 e. The second kappa shape index (κ2) is 7.43. The monoisotopic (exact) mass is 392 g/mol. The van der Waals surface area contributed by atoms with Gasteiger partial charge in [-0.2, -0.15) is 0 Å². The molecule has 1 aliphatic carbocycles. The predicted octanol–water partition coefficient (Wildman–Crippen LogP) is 3.29. The van der Waals surface area contributed by atoms with Crippen molar-refractivity contribution in [2.45, 2.75) is 19.3 Å². The summed E-state index contributed by atoms with van der Waals surface area (Å²) in [6, 6.07) is 8.56. The number of hydrogen-bond donors (Lipinski definition) is 1. The maximum absolute atomic E-state index is 13.0. The second-order valence-electron chi connectivity index (χ2n) is 6.83. The van der Waals surface area contributed by atoms with Gasteiger partial charge in [0.05, 0.1) is 25.5 Å². The minimum absolute atomic E-state index is 0.0500. The Balaban J connectivity index is 1.90. The van der Waals surface area contributed by atoms with Crippen LogP contribution in [0.4, 0.5) is 0 Å². The van der Waals surface area contributed by atoms with E-state index in [9.17, 15) is 14.7 Å². The van der Waals surface area contributed by atoms with Crippen molar-refractivity contribution < 1.29 is 19.4 Å². The lowest BCUT2D eigenvalue weighted by Gasteiger charge is -2.19. The summed E-state index contributed by atoms with van der Waals surface area (Å²) in [6.45, 7) is 0. The summed E-state index contributed by atoms with van der Waals surface area (Å²) in [5.41, 5.74) is 3.30. The molecule has 29 heavy (non-hydrogen) atoms. The Kier molecular flexibility index (Phi) is 4.80. The standard InChI is InChI=1S/C22H20N2O5/c1-28-16-7-8-18(29-2)15(11-16)10-13-4-3-5-17-20(13)23-19-9-6-14(22(26)27)12-24(19)21(17)25/h6-12H,3-5H2,1-2H3,(H,26,27)/b13-10-. The molecule has 0 bridgehead atoms. The molecule has 148 valence electrons. The number of methoxy groups -OCH3 is 2. The van der Waals surface area contributed by atoms with E-state index in [-0.39, 0.29) is 11.1 Å². The number of hydrogen-bond acceptors (Lipinski definition) is 5. The number of carboxylic acids is 1. The van der Waals surface area contributed by atoms with E-state index < -0.39 is 5.97 Å². The molecule has 0 unspecified atom stereocenters. The van der Waals surface area contributed by atoms with Gasteiger partial charge in [-0.3, -0.25) is 9.20 Å². The van der Waals surface area contributed by atoms with Crippen molar-refractivity contribution in [3.05, 3.63) is 69.3 Å². The number of fused-ring (bicyclic) bond motifs is 2. The van der Waals surface area contributed by atoms with Crippen molar-refractivity contribution in [2.75, 3.05) is 14.2 Å². The molecule has 0 spiro atoms. The van der Waals surface area contributed by atoms with Gasteiger partial charge in [0.25, 0.3) is 5.56 Å². The number of pyridine rings is 1. The van der Waals surface area contributed by atoms with E-state index in [2.05, 4.69) is 4.98 Å². The molecule has 0 fully saturated rings. The topological polar surface area (TPSA) is 90.1 Å². The van der Waals surface area contributed by atoms with Crippen molar-refractivity contribution in [3.8, 4) is 11.5 Å². The van der Waals surface area contributed by atoms with Crippen LogP contribution in [0, 0.1) is 0 Å². The normalized spacial score (nSPS) is 14.6. The molecule has 0 saturated carbocycles. The number of carbonyl (C=O) groups is 1. The first kappa shape index (κ1) is 18.7. The van der Waals surface area contributed by atoms with Gasteiger partial charge in [0, 0.05) is 17.3 Å². The third-order valence-electron chi connectivity index (χ3n) is 5.11. The Bertz CT molecular complexity index is 1210. The Morgan fingerprint density at radius 1 is 1.17 bits per heavy atom. The molecular weight excluding hydrogens is 372 g/mol. The minimum atomic E-state index is -1.08. The summed E-state index contributed by atoms with van der Waals surface area (Å²) in [4.78, 5) is 29.0. The number of carboxylic acid groups (broad SMARTS) is 1. The zero-order valence-electron chi connectivity index (χ0n) is 16.1. The van der Waals surface area contributed by atoms with E-state index >= 15 is 0 Å². The summed E-state index contributed by atoms with van der Waals surface area (Å²) < 4.78 is 12.1. The lowest BCUT2D eigenvalue weighted by Crippen LogP contribution is -2.25. The Morgan fingerprint density at radius 2 is 2.00 bits per heavy atom. The molecule has 4 rings (SSSR count). The number of rotatable bonds is 4. The molecule has 0 aliphatic heterocycles. The van der Waals surface area contributed by atoms with Gasteiger partial charge in [-0.25, -0.2) is 9.78 Å². The molecule has 1 N–H and O–H groups in total. The molecule has 7 heteroatoms. The third kappa shape index (κ3) is 3.35. The molecule has 0 amide bonds. The number of nitrogens with zero attached hydrogens (tertiary/aromatic N) is 2. The summed E-state index contributed by atoms with van der Waals surface area (Å²) in [6.07, 6.45) is 5.51. The molecule has 1 aliphatic rings. The molecule has 0 saturated heterocycles. The molecule has 2 aromatic heterocycles. The molecular formula is C22H20N2O5.